The fraction of sp³-hybridized carbons (Fsp3) is 0.250. The molecule has 0 saturated heterocycles. The van der Waals surface area contributed by atoms with E-state index >= 15 is 0 Å². The van der Waals surface area contributed by atoms with Crippen molar-refractivity contribution >= 4 is 33.6 Å². The monoisotopic (exact) mass is 417 g/mol. The summed E-state index contributed by atoms with van der Waals surface area (Å²) in [5, 5.41) is 2.57. The number of carbonyl (C=O) groups is 3. The highest BCUT2D eigenvalue weighted by atomic mass is 79.9. The van der Waals surface area contributed by atoms with Gasteiger partial charge < -0.3 is 10.1 Å². The van der Waals surface area contributed by atoms with Crippen LogP contribution in [0.2, 0.25) is 0 Å². The number of halogens is 1. The molecule has 0 bridgehead atoms. The molecular formula is C20H20BrNO4. The Hall–Kier alpha value is -2.47. The first kappa shape index (κ1) is 19.8. The minimum Gasteiger partial charge on any atom is -0.453 e. The molecular weight excluding hydrogens is 398 g/mol. The van der Waals surface area contributed by atoms with Crippen LogP contribution in [0.25, 0.3) is 0 Å². The number of hydrogen-bond acceptors (Lipinski definition) is 4. The molecule has 0 spiro atoms. The number of aryl methyl sites for hydroxylation is 1. The predicted octanol–water partition coefficient (Wildman–Crippen LogP) is 3.69. The number of rotatable bonds is 6. The lowest BCUT2D eigenvalue weighted by atomic mass is 10.1. The Labute approximate surface area is 160 Å². The minimum absolute atomic E-state index is 0.287. The number of benzene rings is 2. The molecule has 0 heterocycles. The van der Waals surface area contributed by atoms with Crippen molar-refractivity contribution in [3.63, 3.8) is 0 Å². The lowest BCUT2D eigenvalue weighted by Crippen LogP contribution is -2.41. The van der Waals surface area contributed by atoms with Crippen molar-refractivity contribution in [3.05, 3.63) is 69.7 Å². The second kappa shape index (κ2) is 8.76. The average Bonchev–Trinajstić information content (AvgIpc) is 2.62. The molecule has 6 heteroatoms. The van der Waals surface area contributed by atoms with Crippen LogP contribution >= 0.6 is 15.9 Å². The molecule has 1 amide bonds. The van der Waals surface area contributed by atoms with E-state index in [1.807, 2.05) is 19.1 Å². The number of esters is 1. The molecule has 5 nitrogen and oxygen atoms in total. The quantitative estimate of drug-likeness (QED) is 0.574. The zero-order chi connectivity index (χ0) is 19.3. The summed E-state index contributed by atoms with van der Waals surface area (Å²) >= 11 is 3.29. The molecule has 2 rings (SSSR count). The van der Waals surface area contributed by atoms with Crippen LogP contribution < -0.4 is 5.32 Å². The van der Waals surface area contributed by atoms with Crippen molar-refractivity contribution in [1.29, 1.82) is 0 Å². The lowest BCUT2D eigenvalue weighted by Gasteiger charge is -2.17. The van der Waals surface area contributed by atoms with E-state index in [9.17, 15) is 14.4 Å². The Bertz CT molecular complexity index is 800. The van der Waals surface area contributed by atoms with Gasteiger partial charge in [0.1, 0.15) is 6.04 Å². The fourth-order valence-electron chi connectivity index (χ4n) is 2.22. The van der Waals surface area contributed by atoms with Crippen LogP contribution in [0.15, 0.2) is 53.0 Å². The normalized spacial score (nSPS) is 12.8. The van der Waals surface area contributed by atoms with Gasteiger partial charge in [-0.1, -0.05) is 45.8 Å². The van der Waals surface area contributed by atoms with Gasteiger partial charge in [0.25, 0.3) is 5.91 Å². The van der Waals surface area contributed by atoms with E-state index in [0.717, 1.165) is 10.0 Å². The summed E-state index contributed by atoms with van der Waals surface area (Å²) in [6.07, 6.45) is -0.933. The number of amides is 1. The van der Waals surface area contributed by atoms with E-state index in [1.165, 1.54) is 13.8 Å². The number of carbonyl (C=O) groups excluding carboxylic acids is 3. The van der Waals surface area contributed by atoms with Gasteiger partial charge in [0.2, 0.25) is 5.78 Å². The zero-order valence-corrected chi connectivity index (χ0v) is 16.4. The maximum absolute atomic E-state index is 12.3. The number of ketones is 1. The van der Waals surface area contributed by atoms with Gasteiger partial charge in [-0.3, -0.25) is 9.59 Å². The summed E-state index contributed by atoms with van der Waals surface area (Å²) in [4.78, 5) is 36.6. The largest absolute Gasteiger partial charge is 0.453 e. The van der Waals surface area contributed by atoms with Gasteiger partial charge in [-0.2, -0.15) is 0 Å². The van der Waals surface area contributed by atoms with Crippen molar-refractivity contribution in [2.24, 2.45) is 0 Å². The Morgan fingerprint density at radius 3 is 2.04 bits per heavy atom. The molecule has 0 fully saturated rings. The van der Waals surface area contributed by atoms with Gasteiger partial charge in [-0.25, -0.2) is 4.79 Å². The molecule has 136 valence electrons. The smallest absolute Gasteiger partial charge is 0.329 e. The summed E-state index contributed by atoms with van der Waals surface area (Å²) in [5.74, 6) is -1.34. The van der Waals surface area contributed by atoms with Crippen molar-refractivity contribution in [2.45, 2.75) is 32.9 Å². The summed E-state index contributed by atoms with van der Waals surface area (Å²) in [7, 11) is 0. The SMILES string of the molecule is Cc1ccc(C(=O)[C@@H](C)OC(=O)[C@H](C)NC(=O)c2ccc(Br)cc2)cc1. The Kier molecular flexibility index (Phi) is 6.69. The Morgan fingerprint density at radius 2 is 1.46 bits per heavy atom. The van der Waals surface area contributed by atoms with Crippen LogP contribution in [0.1, 0.15) is 40.1 Å². The highest BCUT2D eigenvalue weighted by Crippen LogP contribution is 2.11. The summed E-state index contributed by atoms with van der Waals surface area (Å²) in [6.45, 7) is 4.96. The van der Waals surface area contributed by atoms with Crippen LogP contribution in [-0.2, 0) is 9.53 Å². The highest BCUT2D eigenvalue weighted by Gasteiger charge is 2.24. The molecule has 2 atom stereocenters. The van der Waals surface area contributed by atoms with Gasteiger partial charge in [-0.05, 0) is 45.0 Å². The van der Waals surface area contributed by atoms with Gasteiger partial charge in [0.15, 0.2) is 6.10 Å². The van der Waals surface area contributed by atoms with Crippen molar-refractivity contribution in [1.82, 2.24) is 5.32 Å². The first-order valence-corrected chi connectivity index (χ1v) is 8.95. The maximum Gasteiger partial charge on any atom is 0.329 e. The topological polar surface area (TPSA) is 72.5 Å². The third kappa shape index (κ3) is 5.26. The Morgan fingerprint density at radius 1 is 0.923 bits per heavy atom. The van der Waals surface area contributed by atoms with Crippen molar-refractivity contribution < 1.29 is 19.1 Å². The second-order valence-corrected chi connectivity index (χ2v) is 6.93. The van der Waals surface area contributed by atoms with Crippen molar-refractivity contribution in [3.8, 4) is 0 Å². The average molecular weight is 418 g/mol. The van der Waals surface area contributed by atoms with E-state index in [0.29, 0.717) is 11.1 Å². The van der Waals surface area contributed by atoms with E-state index in [1.54, 1.807) is 36.4 Å². The van der Waals surface area contributed by atoms with E-state index in [4.69, 9.17) is 4.74 Å². The van der Waals surface area contributed by atoms with Gasteiger partial charge >= 0.3 is 5.97 Å². The molecule has 0 radical (unpaired) electrons. The first-order valence-electron chi connectivity index (χ1n) is 8.15. The van der Waals surface area contributed by atoms with Crippen molar-refractivity contribution in [2.75, 3.05) is 0 Å². The molecule has 1 N–H and O–H groups in total. The molecule has 0 aliphatic rings. The van der Waals surface area contributed by atoms with E-state index in [-0.39, 0.29) is 11.7 Å². The van der Waals surface area contributed by atoms with Gasteiger partial charge in [0, 0.05) is 15.6 Å². The molecule has 0 aromatic heterocycles. The number of Topliss-reactive ketones (excluding diaryl/α,β-unsaturated/α-hetero) is 1. The molecule has 2 aromatic rings. The first-order chi connectivity index (χ1) is 12.3. The number of hydrogen-bond donors (Lipinski definition) is 1. The third-order valence-corrected chi connectivity index (χ3v) is 4.33. The number of ether oxygens (including phenoxy) is 1. The molecule has 0 aliphatic carbocycles. The molecule has 26 heavy (non-hydrogen) atoms. The van der Waals surface area contributed by atoms with Crippen LogP contribution in [0.3, 0.4) is 0 Å². The Balaban J connectivity index is 1.93. The minimum atomic E-state index is -0.933. The van der Waals surface area contributed by atoms with Crippen LogP contribution in [0.5, 0.6) is 0 Å². The third-order valence-electron chi connectivity index (χ3n) is 3.81. The lowest BCUT2D eigenvalue weighted by molar-refractivity contribution is -0.148. The molecule has 0 unspecified atom stereocenters. The maximum atomic E-state index is 12.3. The molecule has 0 saturated carbocycles. The zero-order valence-electron chi connectivity index (χ0n) is 14.8. The van der Waals surface area contributed by atoms with Crippen LogP contribution in [-0.4, -0.2) is 29.8 Å². The van der Waals surface area contributed by atoms with E-state index < -0.39 is 18.1 Å². The predicted molar refractivity (Wildman–Crippen MR) is 102 cm³/mol. The summed E-state index contributed by atoms with van der Waals surface area (Å²) in [6, 6.07) is 12.9. The highest BCUT2D eigenvalue weighted by molar-refractivity contribution is 9.10. The summed E-state index contributed by atoms with van der Waals surface area (Å²) < 4.78 is 6.06. The fourth-order valence-corrected chi connectivity index (χ4v) is 2.49. The van der Waals surface area contributed by atoms with E-state index in [2.05, 4.69) is 21.2 Å². The van der Waals surface area contributed by atoms with Crippen LogP contribution in [0, 0.1) is 6.92 Å². The van der Waals surface area contributed by atoms with Gasteiger partial charge in [0.05, 0.1) is 0 Å². The van der Waals surface area contributed by atoms with Gasteiger partial charge in [-0.15, -0.1) is 0 Å². The second-order valence-electron chi connectivity index (χ2n) is 6.01. The van der Waals surface area contributed by atoms with Crippen LogP contribution in [0.4, 0.5) is 0 Å². The number of nitrogens with one attached hydrogen (secondary N) is 1. The standard InChI is InChI=1S/C20H20BrNO4/c1-12-4-6-15(7-5-12)18(23)14(3)26-20(25)13(2)22-19(24)16-8-10-17(21)11-9-16/h4-11,13-14H,1-3H3,(H,22,24)/t13-,14+/m0/s1. The summed E-state index contributed by atoms with van der Waals surface area (Å²) in [5.41, 5.74) is 1.94. The molecule has 2 aromatic carbocycles. The molecule has 0 aliphatic heterocycles.